The molecule has 3 aromatic rings. The molecule has 3 rings (SSSR count). The highest BCUT2D eigenvalue weighted by Gasteiger charge is 2.20. The summed E-state index contributed by atoms with van der Waals surface area (Å²) >= 11 is 8.66. The molecule has 2 amide bonds. The molecule has 0 spiro atoms. The van der Waals surface area contributed by atoms with Crippen LogP contribution in [0.1, 0.15) is 12.7 Å². The van der Waals surface area contributed by atoms with Crippen LogP contribution in [0.15, 0.2) is 41.0 Å². The molecule has 2 heterocycles. The molecule has 1 atom stereocenters. The van der Waals surface area contributed by atoms with E-state index in [4.69, 9.17) is 11.6 Å². The van der Waals surface area contributed by atoms with E-state index in [0.29, 0.717) is 26.8 Å². The van der Waals surface area contributed by atoms with E-state index in [9.17, 15) is 9.59 Å². The number of halogens is 1. The van der Waals surface area contributed by atoms with Gasteiger partial charge in [-0.05, 0) is 19.1 Å². The zero-order chi connectivity index (χ0) is 20.1. The number of amides is 2. The van der Waals surface area contributed by atoms with Crippen molar-refractivity contribution in [3.05, 3.63) is 46.7 Å². The van der Waals surface area contributed by atoms with Gasteiger partial charge in [0.1, 0.15) is 5.82 Å². The molecule has 0 fully saturated rings. The van der Waals surface area contributed by atoms with Gasteiger partial charge in [0, 0.05) is 18.6 Å². The second kappa shape index (κ2) is 9.18. The van der Waals surface area contributed by atoms with Gasteiger partial charge in [-0.2, -0.15) is 0 Å². The summed E-state index contributed by atoms with van der Waals surface area (Å²) in [5.41, 5.74) is 0.540. The van der Waals surface area contributed by atoms with Gasteiger partial charge in [-0.15, -0.1) is 21.5 Å². The highest BCUT2D eigenvalue weighted by molar-refractivity contribution is 8.00. The summed E-state index contributed by atoms with van der Waals surface area (Å²) in [4.78, 5) is 28.6. The van der Waals surface area contributed by atoms with E-state index in [1.807, 2.05) is 0 Å². The van der Waals surface area contributed by atoms with Crippen LogP contribution in [-0.4, -0.2) is 36.8 Å². The molecule has 0 aliphatic carbocycles. The van der Waals surface area contributed by atoms with E-state index in [1.54, 1.807) is 54.4 Å². The van der Waals surface area contributed by atoms with Gasteiger partial charge in [-0.3, -0.25) is 9.59 Å². The minimum atomic E-state index is -0.406. The average molecular weight is 437 g/mol. The smallest absolute Gasteiger partial charge is 0.239 e. The average Bonchev–Trinajstić information content (AvgIpc) is 3.29. The van der Waals surface area contributed by atoms with Crippen molar-refractivity contribution in [3.8, 4) is 0 Å². The van der Waals surface area contributed by atoms with Gasteiger partial charge in [0.15, 0.2) is 10.3 Å². The van der Waals surface area contributed by atoms with E-state index in [2.05, 4.69) is 25.8 Å². The summed E-state index contributed by atoms with van der Waals surface area (Å²) in [6.07, 6.45) is 1.66. The van der Waals surface area contributed by atoms with Crippen molar-refractivity contribution in [1.29, 1.82) is 0 Å². The van der Waals surface area contributed by atoms with Gasteiger partial charge in [0.05, 0.1) is 22.4 Å². The number of hydrogen-bond donors (Lipinski definition) is 2. The van der Waals surface area contributed by atoms with Crippen molar-refractivity contribution in [3.63, 3.8) is 0 Å². The number of thiazole rings is 1. The maximum Gasteiger partial charge on any atom is 0.239 e. The number of hydrogen-bond acceptors (Lipinski definition) is 7. The lowest BCUT2D eigenvalue weighted by atomic mass is 10.3. The Balaban J connectivity index is 1.59. The van der Waals surface area contributed by atoms with Gasteiger partial charge < -0.3 is 15.2 Å². The Hall–Kier alpha value is -2.43. The number of thioether (sulfide) groups is 1. The molecular formula is C17H17ClN6O2S2. The summed E-state index contributed by atoms with van der Waals surface area (Å²) in [5, 5.41) is 16.6. The van der Waals surface area contributed by atoms with Gasteiger partial charge in [0.25, 0.3) is 0 Å². The molecule has 0 radical (unpaired) electrons. The third-order valence-corrected chi connectivity index (χ3v) is 5.86. The van der Waals surface area contributed by atoms with Crippen molar-refractivity contribution in [2.24, 2.45) is 7.05 Å². The topological polar surface area (TPSA) is 102 Å². The summed E-state index contributed by atoms with van der Waals surface area (Å²) in [6.45, 7) is 1.77. The molecule has 2 aromatic heterocycles. The van der Waals surface area contributed by atoms with E-state index < -0.39 is 5.25 Å². The van der Waals surface area contributed by atoms with Gasteiger partial charge in [-0.1, -0.05) is 35.5 Å². The molecule has 0 aliphatic heterocycles. The maximum atomic E-state index is 12.3. The van der Waals surface area contributed by atoms with Crippen molar-refractivity contribution in [2.75, 3.05) is 10.6 Å². The first-order valence-corrected chi connectivity index (χ1v) is 10.4. The van der Waals surface area contributed by atoms with Crippen LogP contribution in [0.25, 0.3) is 0 Å². The van der Waals surface area contributed by atoms with Crippen LogP contribution < -0.4 is 10.6 Å². The number of carbonyl (C=O) groups excluding carboxylic acids is 2. The second-order valence-corrected chi connectivity index (χ2v) is 8.36. The van der Waals surface area contributed by atoms with Crippen LogP contribution in [0, 0.1) is 0 Å². The fourth-order valence-corrected chi connectivity index (χ4v) is 3.75. The first-order chi connectivity index (χ1) is 13.4. The molecule has 28 heavy (non-hydrogen) atoms. The molecule has 8 nitrogen and oxygen atoms in total. The minimum absolute atomic E-state index is 0.0367. The van der Waals surface area contributed by atoms with E-state index >= 15 is 0 Å². The van der Waals surface area contributed by atoms with Crippen LogP contribution in [0.2, 0.25) is 5.02 Å². The Morgan fingerprint density at radius 2 is 2.07 bits per heavy atom. The van der Waals surface area contributed by atoms with Crippen molar-refractivity contribution in [1.82, 2.24) is 19.7 Å². The van der Waals surface area contributed by atoms with E-state index in [-0.39, 0.29) is 18.2 Å². The SMILES string of the molecule is C[C@@H](Sc1nnc(CC(=O)Nc2ccccc2Cl)n1C)C(=O)Nc1nccs1. The predicted octanol–water partition coefficient (Wildman–Crippen LogP) is 3.23. The first-order valence-electron chi connectivity index (χ1n) is 8.23. The minimum Gasteiger partial charge on any atom is -0.324 e. The molecule has 1 aromatic carbocycles. The standard InChI is InChI=1S/C17H17ClN6O2S2/c1-10(15(26)21-16-19-7-8-27-16)28-17-23-22-13(24(17)2)9-14(25)20-12-6-4-3-5-11(12)18/h3-8,10H,9H2,1-2H3,(H,20,25)(H,19,21,26)/t10-/m1/s1. The molecule has 0 aliphatic rings. The third kappa shape index (κ3) is 5.09. The fourth-order valence-electron chi connectivity index (χ4n) is 2.21. The molecule has 0 saturated heterocycles. The van der Waals surface area contributed by atoms with Gasteiger partial charge in [0.2, 0.25) is 11.8 Å². The number of rotatable bonds is 7. The molecule has 0 unspecified atom stereocenters. The lowest BCUT2D eigenvalue weighted by Crippen LogP contribution is -2.22. The molecule has 0 saturated carbocycles. The molecule has 11 heteroatoms. The monoisotopic (exact) mass is 436 g/mol. The summed E-state index contributed by atoms with van der Waals surface area (Å²) in [5.74, 6) is 0.0512. The third-order valence-electron chi connectivity index (χ3n) is 3.71. The zero-order valence-electron chi connectivity index (χ0n) is 15.0. The van der Waals surface area contributed by atoms with Gasteiger partial charge in [-0.25, -0.2) is 4.98 Å². The summed E-state index contributed by atoms with van der Waals surface area (Å²) < 4.78 is 1.70. The Kier molecular flexibility index (Phi) is 6.65. The summed E-state index contributed by atoms with van der Waals surface area (Å²) in [6, 6.07) is 7.00. The van der Waals surface area contributed by atoms with Crippen LogP contribution in [0.3, 0.4) is 0 Å². The number of benzene rings is 1. The number of nitrogens with one attached hydrogen (secondary N) is 2. The van der Waals surface area contributed by atoms with Crippen LogP contribution in [0.5, 0.6) is 0 Å². The number of anilines is 2. The Morgan fingerprint density at radius 1 is 1.29 bits per heavy atom. The summed E-state index contributed by atoms with van der Waals surface area (Å²) in [7, 11) is 1.76. The van der Waals surface area contributed by atoms with Crippen LogP contribution >= 0.6 is 34.7 Å². The quantitative estimate of drug-likeness (QED) is 0.551. The zero-order valence-corrected chi connectivity index (χ0v) is 17.4. The molecular weight excluding hydrogens is 420 g/mol. The largest absolute Gasteiger partial charge is 0.324 e. The Morgan fingerprint density at radius 3 is 2.79 bits per heavy atom. The highest BCUT2D eigenvalue weighted by Crippen LogP contribution is 2.24. The highest BCUT2D eigenvalue weighted by atomic mass is 35.5. The van der Waals surface area contributed by atoms with Crippen LogP contribution in [0.4, 0.5) is 10.8 Å². The second-order valence-electron chi connectivity index (χ2n) is 5.75. The Labute approximate surface area is 174 Å². The normalized spacial score (nSPS) is 11.8. The number of para-hydroxylation sites is 1. The van der Waals surface area contributed by atoms with E-state index in [1.165, 1.54) is 23.1 Å². The molecule has 2 N–H and O–H groups in total. The predicted molar refractivity (Wildman–Crippen MR) is 111 cm³/mol. The lowest BCUT2D eigenvalue weighted by molar-refractivity contribution is -0.116. The maximum absolute atomic E-state index is 12.3. The fraction of sp³-hybridized carbons (Fsp3) is 0.235. The van der Waals surface area contributed by atoms with Crippen molar-refractivity contribution >= 4 is 57.3 Å². The van der Waals surface area contributed by atoms with Crippen LogP contribution in [-0.2, 0) is 23.1 Å². The molecule has 146 valence electrons. The Bertz CT molecular complexity index is 976. The van der Waals surface area contributed by atoms with Gasteiger partial charge >= 0.3 is 0 Å². The van der Waals surface area contributed by atoms with E-state index in [0.717, 1.165) is 0 Å². The number of nitrogens with zero attached hydrogens (tertiary/aromatic N) is 4. The number of carbonyl (C=O) groups is 2. The number of aromatic nitrogens is 4. The first kappa shape index (κ1) is 20.3. The van der Waals surface area contributed by atoms with Crippen molar-refractivity contribution in [2.45, 2.75) is 23.8 Å². The lowest BCUT2D eigenvalue weighted by Gasteiger charge is -2.10. The molecule has 0 bridgehead atoms. The van der Waals surface area contributed by atoms with Crippen molar-refractivity contribution < 1.29 is 9.59 Å².